The van der Waals surface area contributed by atoms with Crippen LogP contribution in [-0.2, 0) is 16.1 Å². The van der Waals surface area contributed by atoms with Gasteiger partial charge in [0.05, 0.1) is 25.9 Å². The van der Waals surface area contributed by atoms with Crippen LogP contribution >= 0.6 is 0 Å². The van der Waals surface area contributed by atoms with Gasteiger partial charge in [-0.1, -0.05) is 30.3 Å². The lowest BCUT2D eigenvalue weighted by molar-refractivity contribution is 0.0249. The fourth-order valence-electron chi connectivity index (χ4n) is 2.37. The molecule has 1 heterocycles. The van der Waals surface area contributed by atoms with Gasteiger partial charge >= 0.3 is 0 Å². The van der Waals surface area contributed by atoms with E-state index < -0.39 is 6.10 Å². The van der Waals surface area contributed by atoms with E-state index in [9.17, 15) is 5.11 Å². The molecule has 0 spiro atoms. The molecule has 0 aromatic heterocycles. The highest BCUT2D eigenvalue weighted by atomic mass is 16.5. The van der Waals surface area contributed by atoms with E-state index in [2.05, 4.69) is 5.32 Å². The number of hydrogen-bond donors (Lipinski definition) is 2. The molecule has 0 amide bonds. The average Bonchev–Trinajstić information content (AvgIpc) is 2.49. The molecule has 4 nitrogen and oxygen atoms in total. The lowest BCUT2D eigenvalue weighted by Gasteiger charge is -2.23. The van der Waals surface area contributed by atoms with Gasteiger partial charge in [-0.25, -0.2) is 0 Å². The molecular formula is C16H25NO3. The second kappa shape index (κ2) is 9.08. The van der Waals surface area contributed by atoms with Crippen LogP contribution in [0.1, 0.15) is 18.4 Å². The normalized spacial score (nSPS) is 20.8. The number of aliphatic hydroxyl groups excluding tert-OH is 1. The summed E-state index contributed by atoms with van der Waals surface area (Å²) in [5, 5.41) is 13.1. The third-order valence-corrected chi connectivity index (χ3v) is 3.49. The van der Waals surface area contributed by atoms with Crippen LogP contribution < -0.4 is 5.32 Å². The summed E-state index contributed by atoms with van der Waals surface area (Å²) < 4.78 is 10.9. The first-order chi connectivity index (χ1) is 9.84. The predicted molar refractivity (Wildman–Crippen MR) is 78.5 cm³/mol. The van der Waals surface area contributed by atoms with Crippen molar-refractivity contribution in [3.8, 4) is 0 Å². The van der Waals surface area contributed by atoms with Crippen LogP contribution in [0.15, 0.2) is 30.3 Å². The second-order valence-electron chi connectivity index (χ2n) is 5.40. The first-order valence-corrected chi connectivity index (χ1v) is 7.43. The Morgan fingerprint density at radius 3 is 2.95 bits per heavy atom. The van der Waals surface area contributed by atoms with Crippen LogP contribution in [0.25, 0.3) is 0 Å². The minimum absolute atomic E-state index is 0.364. The Bertz CT molecular complexity index is 352. The molecule has 2 rings (SSSR count). The fraction of sp³-hybridized carbons (Fsp3) is 0.625. The Hall–Kier alpha value is -0.940. The summed E-state index contributed by atoms with van der Waals surface area (Å²) in [4.78, 5) is 0. The fourth-order valence-corrected chi connectivity index (χ4v) is 2.37. The quantitative estimate of drug-likeness (QED) is 0.758. The van der Waals surface area contributed by atoms with Crippen molar-refractivity contribution in [1.82, 2.24) is 5.32 Å². The first kappa shape index (κ1) is 15.4. The van der Waals surface area contributed by atoms with E-state index >= 15 is 0 Å². The number of nitrogens with one attached hydrogen (secondary N) is 1. The van der Waals surface area contributed by atoms with Gasteiger partial charge in [-0.15, -0.1) is 0 Å². The molecule has 4 heteroatoms. The number of aliphatic hydroxyl groups is 1. The van der Waals surface area contributed by atoms with Crippen LogP contribution in [0, 0.1) is 5.92 Å². The van der Waals surface area contributed by atoms with E-state index in [1.165, 1.54) is 6.42 Å². The molecule has 0 radical (unpaired) electrons. The molecule has 0 aliphatic carbocycles. The summed E-state index contributed by atoms with van der Waals surface area (Å²) >= 11 is 0. The molecule has 1 aromatic rings. The molecule has 1 aliphatic heterocycles. The molecule has 1 aromatic carbocycles. The van der Waals surface area contributed by atoms with Crippen molar-refractivity contribution >= 4 is 0 Å². The third-order valence-electron chi connectivity index (χ3n) is 3.49. The van der Waals surface area contributed by atoms with E-state index in [-0.39, 0.29) is 0 Å². The zero-order valence-corrected chi connectivity index (χ0v) is 12.0. The van der Waals surface area contributed by atoms with Gasteiger partial charge in [0.1, 0.15) is 0 Å². The van der Waals surface area contributed by atoms with Crippen molar-refractivity contribution in [2.45, 2.75) is 25.6 Å². The highest BCUT2D eigenvalue weighted by Crippen LogP contribution is 2.11. The lowest BCUT2D eigenvalue weighted by Crippen LogP contribution is -2.35. The van der Waals surface area contributed by atoms with Crippen LogP contribution in [0.2, 0.25) is 0 Å². The topological polar surface area (TPSA) is 50.7 Å². The van der Waals surface area contributed by atoms with Crippen molar-refractivity contribution in [1.29, 1.82) is 0 Å². The summed E-state index contributed by atoms with van der Waals surface area (Å²) in [7, 11) is 0. The zero-order chi connectivity index (χ0) is 14.0. The van der Waals surface area contributed by atoms with E-state index in [0.29, 0.717) is 25.7 Å². The highest BCUT2D eigenvalue weighted by molar-refractivity contribution is 5.13. The van der Waals surface area contributed by atoms with Gasteiger partial charge in [0, 0.05) is 19.7 Å². The molecule has 2 N–H and O–H groups in total. The molecule has 112 valence electrons. The minimum Gasteiger partial charge on any atom is -0.389 e. The van der Waals surface area contributed by atoms with E-state index in [0.717, 1.165) is 31.7 Å². The maximum absolute atomic E-state index is 9.84. The van der Waals surface area contributed by atoms with E-state index in [4.69, 9.17) is 9.47 Å². The Labute approximate surface area is 121 Å². The van der Waals surface area contributed by atoms with Crippen molar-refractivity contribution in [3.63, 3.8) is 0 Å². The van der Waals surface area contributed by atoms with Crippen LogP contribution in [0.3, 0.4) is 0 Å². The maximum Gasteiger partial charge on any atom is 0.0897 e. The van der Waals surface area contributed by atoms with Gasteiger partial charge in [-0.3, -0.25) is 0 Å². The average molecular weight is 279 g/mol. The Balaban J connectivity index is 1.50. The van der Waals surface area contributed by atoms with Crippen molar-refractivity contribution < 1.29 is 14.6 Å². The van der Waals surface area contributed by atoms with Crippen molar-refractivity contribution in [3.05, 3.63) is 35.9 Å². The van der Waals surface area contributed by atoms with E-state index in [1.54, 1.807) is 0 Å². The first-order valence-electron chi connectivity index (χ1n) is 7.43. The third kappa shape index (κ3) is 6.01. The van der Waals surface area contributed by atoms with Gasteiger partial charge in [-0.05, 0) is 24.3 Å². The molecule has 1 aliphatic rings. The summed E-state index contributed by atoms with van der Waals surface area (Å²) in [6.07, 6.45) is 1.91. The van der Waals surface area contributed by atoms with E-state index in [1.807, 2.05) is 30.3 Å². The van der Waals surface area contributed by atoms with Gasteiger partial charge in [-0.2, -0.15) is 0 Å². The SMILES string of the molecule is OC(CNCC1CCCOC1)COCc1ccccc1. The number of ether oxygens (including phenoxy) is 2. The maximum atomic E-state index is 9.84. The van der Waals surface area contributed by atoms with Gasteiger partial charge < -0.3 is 19.9 Å². The monoisotopic (exact) mass is 279 g/mol. The molecule has 0 bridgehead atoms. The molecule has 1 saturated heterocycles. The van der Waals surface area contributed by atoms with Gasteiger partial charge in [0.25, 0.3) is 0 Å². The number of hydrogen-bond acceptors (Lipinski definition) is 4. The Morgan fingerprint density at radius 1 is 1.35 bits per heavy atom. The standard InChI is InChI=1S/C16H25NO3/c18-16(10-17-9-15-7-4-8-19-12-15)13-20-11-14-5-2-1-3-6-14/h1-3,5-6,15-18H,4,7-13H2. The molecule has 20 heavy (non-hydrogen) atoms. The van der Waals surface area contributed by atoms with Gasteiger partial charge in [0.2, 0.25) is 0 Å². The molecular weight excluding hydrogens is 254 g/mol. The molecule has 2 atom stereocenters. The van der Waals surface area contributed by atoms with Crippen LogP contribution in [-0.4, -0.2) is 44.1 Å². The lowest BCUT2D eigenvalue weighted by atomic mass is 10.0. The van der Waals surface area contributed by atoms with Crippen LogP contribution in [0.5, 0.6) is 0 Å². The second-order valence-corrected chi connectivity index (χ2v) is 5.40. The summed E-state index contributed by atoms with van der Waals surface area (Å²) in [6, 6.07) is 10.0. The molecule has 0 saturated carbocycles. The summed E-state index contributed by atoms with van der Waals surface area (Å²) in [5.74, 6) is 0.584. The zero-order valence-electron chi connectivity index (χ0n) is 12.0. The molecule has 2 unspecified atom stereocenters. The summed E-state index contributed by atoms with van der Waals surface area (Å²) in [5.41, 5.74) is 1.13. The Morgan fingerprint density at radius 2 is 2.20 bits per heavy atom. The molecule has 1 fully saturated rings. The van der Waals surface area contributed by atoms with Crippen LogP contribution in [0.4, 0.5) is 0 Å². The largest absolute Gasteiger partial charge is 0.389 e. The smallest absolute Gasteiger partial charge is 0.0897 e. The number of rotatable bonds is 8. The van der Waals surface area contributed by atoms with Crippen molar-refractivity contribution in [2.24, 2.45) is 5.92 Å². The summed E-state index contributed by atoms with van der Waals surface area (Å²) in [6.45, 7) is 4.14. The number of benzene rings is 1. The minimum atomic E-state index is -0.455. The predicted octanol–water partition coefficient (Wildman–Crippen LogP) is 1.58. The highest BCUT2D eigenvalue weighted by Gasteiger charge is 2.13. The Kier molecular flexibility index (Phi) is 7.01. The van der Waals surface area contributed by atoms with Crippen molar-refractivity contribution in [2.75, 3.05) is 32.9 Å². The van der Waals surface area contributed by atoms with Gasteiger partial charge in [0.15, 0.2) is 0 Å².